The van der Waals surface area contributed by atoms with Crippen LogP contribution < -0.4 is 0 Å². The van der Waals surface area contributed by atoms with Gasteiger partial charge in [0.05, 0.1) is 44.2 Å². The van der Waals surface area contributed by atoms with Gasteiger partial charge in [-0.1, -0.05) is 158 Å². The molecule has 0 unspecified atom stereocenters. The van der Waals surface area contributed by atoms with Crippen LogP contribution in [-0.2, 0) is 73.8 Å². The lowest BCUT2D eigenvalue weighted by molar-refractivity contribution is -0.328. The number of esters is 2. The zero-order chi connectivity index (χ0) is 45.3. The molecule has 6 aromatic rings. The van der Waals surface area contributed by atoms with Crippen molar-refractivity contribution in [2.75, 3.05) is 20.3 Å². The first-order valence-corrected chi connectivity index (χ1v) is 22.1. The van der Waals surface area contributed by atoms with Crippen molar-refractivity contribution in [3.8, 4) is 0 Å². The molecule has 12 heteroatoms. The van der Waals surface area contributed by atoms with Gasteiger partial charge >= 0.3 is 11.9 Å². The van der Waals surface area contributed by atoms with E-state index < -0.39 is 67.2 Å². The second kappa shape index (κ2) is 23.9. The van der Waals surface area contributed by atoms with Gasteiger partial charge < -0.3 is 47.4 Å². The molecule has 12 nitrogen and oxygen atoms in total. The molecule has 0 bridgehead atoms. The summed E-state index contributed by atoms with van der Waals surface area (Å²) in [6.07, 6.45) is -8.12. The topological polar surface area (TPSA) is 126 Å². The third-order valence-corrected chi connectivity index (χ3v) is 11.3. The third kappa shape index (κ3) is 12.6. The van der Waals surface area contributed by atoms with Crippen LogP contribution >= 0.6 is 0 Å². The van der Waals surface area contributed by atoms with Gasteiger partial charge in [0.25, 0.3) is 0 Å². The number of methoxy groups -OCH3 is 1. The summed E-state index contributed by atoms with van der Waals surface area (Å²) in [7, 11) is 1.56. The molecular weight excluding hydrogens is 841 g/mol. The van der Waals surface area contributed by atoms with Crippen molar-refractivity contribution in [3.63, 3.8) is 0 Å². The Labute approximate surface area is 385 Å². The van der Waals surface area contributed by atoms with Gasteiger partial charge in [0.1, 0.15) is 43.2 Å². The van der Waals surface area contributed by atoms with E-state index in [4.69, 9.17) is 47.4 Å². The molecule has 8 rings (SSSR count). The van der Waals surface area contributed by atoms with Crippen molar-refractivity contribution in [2.45, 2.75) is 81.7 Å². The van der Waals surface area contributed by atoms with Crippen LogP contribution in [0.4, 0.5) is 0 Å². The second-order valence-electron chi connectivity index (χ2n) is 15.9. The molecule has 6 aromatic carbocycles. The van der Waals surface area contributed by atoms with Crippen molar-refractivity contribution in [2.24, 2.45) is 0 Å². The minimum absolute atomic E-state index is 0.109. The monoisotopic (exact) mass is 894 g/mol. The lowest BCUT2D eigenvalue weighted by Gasteiger charge is -2.45. The Morgan fingerprint density at radius 3 is 1.21 bits per heavy atom. The Morgan fingerprint density at radius 2 is 0.758 bits per heavy atom. The zero-order valence-electron chi connectivity index (χ0n) is 36.7. The van der Waals surface area contributed by atoms with Crippen molar-refractivity contribution < 1.29 is 57.0 Å². The quantitative estimate of drug-likeness (QED) is 0.0643. The van der Waals surface area contributed by atoms with E-state index in [2.05, 4.69) is 0 Å². The molecule has 0 radical (unpaired) electrons. The SMILES string of the molecule is CO[C@H]1O[C@H](CO[C@@H]2O[C@H](COC(=O)c3ccccc3)[C@@H](OC(=O)c3ccccc3)[C@@H]2OCc2ccccc2)[C@@H](OCc2ccccc2)[C@H](OCc2ccccc2)[C@H]1OCc1ccccc1. The summed E-state index contributed by atoms with van der Waals surface area (Å²) in [4.78, 5) is 27.0. The molecule has 0 spiro atoms. The fraction of sp³-hybridized carbons (Fsp3) is 0.296. The maximum Gasteiger partial charge on any atom is 0.338 e. The Kier molecular flexibility index (Phi) is 16.8. The minimum Gasteiger partial charge on any atom is -0.459 e. The number of rotatable bonds is 21. The molecule has 2 aliphatic heterocycles. The van der Waals surface area contributed by atoms with Crippen LogP contribution in [0.25, 0.3) is 0 Å². The standard InChI is InChI=1S/C54H54O12/c1-57-53-50(61-35-41-26-14-5-15-27-41)48(59-33-39-22-10-3-11-23-39)46(58-32-38-20-8-2-9-21-38)44(64-53)37-63-54-49(60-34-40-24-12-4-13-25-40)47(66-52(56)43-30-18-7-19-31-43)45(65-54)36-62-51(55)42-28-16-6-17-29-42/h2-31,44-50,53-54H,32-37H2,1H3/t44-,45-,46-,47-,48+,49+,50-,53+,54-/m1/s1. The average Bonchev–Trinajstić information content (AvgIpc) is 3.71. The van der Waals surface area contributed by atoms with Crippen LogP contribution in [-0.4, -0.2) is 87.6 Å². The number of carbonyl (C=O) groups is 2. The summed E-state index contributed by atoms with van der Waals surface area (Å²) in [5.41, 5.74) is 4.43. The maximum atomic E-state index is 13.8. The molecular formula is C54H54O12. The highest BCUT2D eigenvalue weighted by Gasteiger charge is 2.52. The zero-order valence-corrected chi connectivity index (χ0v) is 36.7. The number of hydrogen-bond donors (Lipinski definition) is 0. The fourth-order valence-corrected chi connectivity index (χ4v) is 7.89. The molecule has 2 heterocycles. The van der Waals surface area contributed by atoms with Crippen LogP contribution in [0.15, 0.2) is 182 Å². The number of ether oxygens (including phenoxy) is 10. The Bertz CT molecular complexity index is 2340. The van der Waals surface area contributed by atoms with E-state index in [1.165, 1.54) is 0 Å². The van der Waals surface area contributed by atoms with Gasteiger partial charge in [-0.3, -0.25) is 0 Å². The van der Waals surface area contributed by atoms with E-state index in [1.807, 2.05) is 133 Å². The fourth-order valence-electron chi connectivity index (χ4n) is 7.89. The number of hydrogen-bond acceptors (Lipinski definition) is 12. The van der Waals surface area contributed by atoms with Gasteiger partial charge in [-0.15, -0.1) is 0 Å². The van der Waals surface area contributed by atoms with Gasteiger partial charge in [0, 0.05) is 7.11 Å². The number of carbonyl (C=O) groups excluding carboxylic acids is 2. The lowest BCUT2D eigenvalue weighted by atomic mass is 9.97. The first-order valence-electron chi connectivity index (χ1n) is 22.1. The predicted molar refractivity (Wildman–Crippen MR) is 243 cm³/mol. The Balaban J connectivity index is 1.09. The van der Waals surface area contributed by atoms with Gasteiger partial charge in [-0.25, -0.2) is 9.59 Å². The van der Waals surface area contributed by atoms with Gasteiger partial charge in [-0.05, 0) is 46.5 Å². The molecule has 2 aliphatic rings. The van der Waals surface area contributed by atoms with Crippen LogP contribution in [0.2, 0.25) is 0 Å². The van der Waals surface area contributed by atoms with Crippen LogP contribution in [0.1, 0.15) is 43.0 Å². The van der Waals surface area contributed by atoms with E-state index in [0.29, 0.717) is 11.1 Å². The van der Waals surface area contributed by atoms with E-state index in [-0.39, 0.29) is 39.6 Å². The maximum absolute atomic E-state index is 13.8. The summed E-state index contributed by atoms with van der Waals surface area (Å²) in [5, 5.41) is 0. The lowest BCUT2D eigenvalue weighted by Crippen LogP contribution is -2.61. The van der Waals surface area contributed by atoms with E-state index in [9.17, 15) is 9.59 Å². The van der Waals surface area contributed by atoms with E-state index in [0.717, 1.165) is 22.3 Å². The van der Waals surface area contributed by atoms with Gasteiger partial charge in [0.15, 0.2) is 18.7 Å². The molecule has 9 atom stereocenters. The molecule has 342 valence electrons. The molecule has 2 saturated heterocycles. The molecule has 0 saturated carbocycles. The summed E-state index contributed by atoms with van der Waals surface area (Å²) >= 11 is 0. The first-order chi connectivity index (χ1) is 32.5. The third-order valence-electron chi connectivity index (χ3n) is 11.3. The van der Waals surface area contributed by atoms with E-state index >= 15 is 0 Å². The summed E-state index contributed by atoms with van der Waals surface area (Å²) in [6.45, 7) is 0.508. The molecule has 0 N–H and O–H groups in total. The van der Waals surface area contributed by atoms with Gasteiger partial charge in [0.2, 0.25) is 0 Å². The number of benzene rings is 6. The molecule has 0 aliphatic carbocycles. The molecule has 0 amide bonds. The van der Waals surface area contributed by atoms with Crippen molar-refractivity contribution in [1.82, 2.24) is 0 Å². The second-order valence-corrected chi connectivity index (χ2v) is 15.9. The summed E-state index contributed by atoms with van der Waals surface area (Å²) in [6, 6.07) is 56.4. The predicted octanol–water partition coefficient (Wildman–Crippen LogP) is 8.52. The van der Waals surface area contributed by atoms with Crippen molar-refractivity contribution in [1.29, 1.82) is 0 Å². The summed E-state index contributed by atoms with van der Waals surface area (Å²) in [5.74, 6) is -1.17. The first kappa shape index (κ1) is 46.5. The van der Waals surface area contributed by atoms with Crippen molar-refractivity contribution >= 4 is 11.9 Å². The van der Waals surface area contributed by atoms with Crippen LogP contribution in [0, 0.1) is 0 Å². The molecule has 2 fully saturated rings. The minimum atomic E-state index is -1.14. The smallest absolute Gasteiger partial charge is 0.338 e. The normalized spacial score (nSPS) is 23.8. The largest absolute Gasteiger partial charge is 0.459 e. The Morgan fingerprint density at radius 1 is 0.394 bits per heavy atom. The average molecular weight is 895 g/mol. The summed E-state index contributed by atoms with van der Waals surface area (Å²) < 4.78 is 64.8. The highest BCUT2D eigenvalue weighted by molar-refractivity contribution is 5.90. The van der Waals surface area contributed by atoms with E-state index in [1.54, 1.807) is 55.6 Å². The molecule has 0 aromatic heterocycles. The van der Waals surface area contributed by atoms with Gasteiger partial charge in [-0.2, -0.15) is 0 Å². The van der Waals surface area contributed by atoms with Crippen LogP contribution in [0.3, 0.4) is 0 Å². The highest BCUT2D eigenvalue weighted by atomic mass is 16.8. The van der Waals surface area contributed by atoms with Crippen molar-refractivity contribution in [3.05, 3.63) is 215 Å². The Hall–Kier alpha value is -6.06. The van der Waals surface area contributed by atoms with Crippen LogP contribution in [0.5, 0.6) is 0 Å². The molecule has 66 heavy (non-hydrogen) atoms. The highest BCUT2D eigenvalue weighted by Crippen LogP contribution is 2.34.